The molecule has 0 saturated heterocycles. The van der Waals surface area contributed by atoms with Gasteiger partial charge in [0.05, 0.1) is 30.1 Å². The summed E-state index contributed by atoms with van der Waals surface area (Å²) < 4.78 is 39.8. The Hall–Kier alpha value is -0.880. The average Bonchev–Trinajstić information content (AvgIpc) is 2.64. The van der Waals surface area contributed by atoms with E-state index in [1.165, 1.54) is 24.3 Å². The van der Waals surface area contributed by atoms with Crippen molar-refractivity contribution in [1.29, 1.82) is 0 Å². The monoisotopic (exact) mass is 503 g/mol. The number of aromatic nitrogens is 1. The Bertz CT molecular complexity index is 1080. The number of rotatable bonds is 2. The van der Waals surface area contributed by atoms with Crippen LogP contribution in [0.3, 0.4) is 0 Å². The lowest BCUT2D eigenvalue weighted by molar-refractivity contribution is -0.141. The maximum Gasteiger partial charge on any atom is 0.433 e. The second kappa shape index (κ2) is 8.10. The van der Waals surface area contributed by atoms with Gasteiger partial charge in [-0.2, -0.15) is 13.2 Å². The van der Waals surface area contributed by atoms with Crippen LogP contribution in [0.1, 0.15) is 5.69 Å². The molecule has 0 fully saturated rings. The minimum absolute atomic E-state index is 0.00840. The Balaban J connectivity index is 2.37. The molecule has 28 heavy (non-hydrogen) atoms. The SMILES string of the molecule is FC(F)(F)c1cc(-c2ccc(Cl)c(Cl)c2Cl)c(-c2ccc(Cl)c(Cl)c2Cl)cn1. The molecule has 1 heterocycles. The molecule has 3 rings (SSSR count). The van der Waals surface area contributed by atoms with E-state index in [2.05, 4.69) is 4.98 Å². The molecule has 0 saturated carbocycles. The van der Waals surface area contributed by atoms with Crippen molar-refractivity contribution in [3.8, 4) is 22.3 Å². The van der Waals surface area contributed by atoms with Gasteiger partial charge in [0.1, 0.15) is 5.69 Å². The van der Waals surface area contributed by atoms with Crippen LogP contribution in [0.15, 0.2) is 36.5 Å². The summed E-state index contributed by atoms with van der Waals surface area (Å²) in [6.45, 7) is 0. The first kappa shape index (κ1) is 21.8. The third-order valence-corrected chi connectivity index (χ3v) is 6.43. The van der Waals surface area contributed by atoms with Crippen LogP contribution in [0.4, 0.5) is 13.2 Å². The number of pyridine rings is 1. The Labute approximate surface area is 187 Å². The lowest BCUT2D eigenvalue weighted by Crippen LogP contribution is -2.08. The van der Waals surface area contributed by atoms with E-state index in [4.69, 9.17) is 69.6 Å². The molecule has 0 radical (unpaired) electrons. The minimum atomic E-state index is -4.67. The largest absolute Gasteiger partial charge is 0.433 e. The highest BCUT2D eigenvalue weighted by Crippen LogP contribution is 2.46. The van der Waals surface area contributed by atoms with E-state index in [1.54, 1.807) is 0 Å². The van der Waals surface area contributed by atoms with E-state index in [0.29, 0.717) is 5.56 Å². The summed E-state index contributed by atoms with van der Waals surface area (Å²) in [5.74, 6) is 0. The first-order chi connectivity index (χ1) is 13.0. The highest BCUT2D eigenvalue weighted by atomic mass is 35.5. The third-order valence-electron chi connectivity index (χ3n) is 3.85. The molecule has 0 aliphatic heterocycles. The molecule has 0 aliphatic rings. The van der Waals surface area contributed by atoms with E-state index in [-0.39, 0.29) is 46.8 Å². The minimum Gasteiger partial charge on any atom is -0.251 e. The van der Waals surface area contributed by atoms with Crippen LogP contribution in [0.2, 0.25) is 30.1 Å². The number of nitrogens with zero attached hydrogens (tertiary/aromatic N) is 1. The second-order valence-electron chi connectivity index (χ2n) is 5.56. The number of halogens is 9. The van der Waals surface area contributed by atoms with E-state index in [9.17, 15) is 13.2 Å². The molecule has 146 valence electrons. The molecule has 0 N–H and O–H groups in total. The lowest BCUT2D eigenvalue weighted by atomic mass is 9.95. The van der Waals surface area contributed by atoms with Gasteiger partial charge in [-0.25, -0.2) is 0 Å². The van der Waals surface area contributed by atoms with Gasteiger partial charge in [-0.15, -0.1) is 0 Å². The number of alkyl halides is 3. The summed E-state index contributed by atoms with van der Waals surface area (Å²) in [7, 11) is 0. The van der Waals surface area contributed by atoms with Gasteiger partial charge in [0, 0.05) is 22.9 Å². The molecule has 1 aromatic heterocycles. The zero-order chi connectivity index (χ0) is 20.8. The van der Waals surface area contributed by atoms with Crippen molar-refractivity contribution in [2.45, 2.75) is 6.18 Å². The van der Waals surface area contributed by atoms with E-state index < -0.39 is 11.9 Å². The van der Waals surface area contributed by atoms with Crippen LogP contribution < -0.4 is 0 Å². The normalized spacial score (nSPS) is 11.8. The van der Waals surface area contributed by atoms with Crippen molar-refractivity contribution in [2.75, 3.05) is 0 Å². The van der Waals surface area contributed by atoms with Gasteiger partial charge >= 0.3 is 6.18 Å². The number of hydrogen-bond donors (Lipinski definition) is 0. The summed E-state index contributed by atoms with van der Waals surface area (Å²) >= 11 is 36.6. The fraction of sp³-hybridized carbons (Fsp3) is 0.0556. The van der Waals surface area contributed by atoms with Crippen LogP contribution in [-0.2, 0) is 6.18 Å². The van der Waals surface area contributed by atoms with Crippen molar-refractivity contribution in [1.82, 2.24) is 4.98 Å². The Morgan fingerprint density at radius 3 is 1.54 bits per heavy atom. The van der Waals surface area contributed by atoms with E-state index >= 15 is 0 Å². The zero-order valence-corrected chi connectivity index (χ0v) is 17.8. The Kier molecular flexibility index (Phi) is 6.31. The van der Waals surface area contributed by atoms with E-state index in [0.717, 1.165) is 12.3 Å². The summed E-state index contributed by atoms with van der Waals surface area (Å²) in [6.07, 6.45) is -3.63. The lowest BCUT2D eigenvalue weighted by Gasteiger charge is -2.16. The number of benzene rings is 2. The molecule has 2 aromatic carbocycles. The van der Waals surface area contributed by atoms with Crippen molar-refractivity contribution >= 4 is 69.6 Å². The predicted molar refractivity (Wildman–Crippen MR) is 110 cm³/mol. The molecule has 0 unspecified atom stereocenters. The molecule has 0 bridgehead atoms. The zero-order valence-electron chi connectivity index (χ0n) is 13.3. The molecule has 0 amide bonds. The fourth-order valence-electron chi connectivity index (χ4n) is 2.52. The molecule has 0 aliphatic carbocycles. The highest BCUT2D eigenvalue weighted by Gasteiger charge is 2.34. The highest BCUT2D eigenvalue weighted by molar-refractivity contribution is 6.50. The first-order valence-corrected chi connectivity index (χ1v) is 9.64. The topological polar surface area (TPSA) is 12.9 Å². The van der Waals surface area contributed by atoms with E-state index in [1.807, 2.05) is 0 Å². The van der Waals surface area contributed by atoms with Crippen LogP contribution in [0.5, 0.6) is 0 Å². The molecular formula is C18H6Cl6F3N. The number of hydrogen-bond acceptors (Lipinski definition) is 1. The average molecular weight is 506 g/mol. The maximum atomic E-state index is 13.3. The van der Waals surface area contributed by atoms with Crippen LogP contribution in [0, 0.1) is 0 Å². The molecular weight excluding hydrogens is 500 g/mol. The van der Waals surface area contributed by atoms with Gasteiger partial charge in [0.25, 0.3) is 0 Å². The van der Waals surface area contributed by atoms with Crippen molar-refractivity contribution < 1.29 is 13.2 Å². The van der Waals surface area contributed by atoms with Crippen LogP contribution in [-0.4, -0.2) is 4.98 Å². The van der Waals surface area contributed by atoms with Crippen molar-refractivity contribution in [3.05, 3.63) is 72.4 Å². The molecule has 0 spiro atoms. The molecule has 1 nitrogen and oxygen atoms in total. The maximum absolute atomic E-state index is 13.3. The predicted octanol–water partition coefficient (Wildman–Crippen LogP) is 9.35. The van der Waals surface area contributed by atoms with Crippen LogP contribution in [0.25, 0.3) is 22.3 Å². The van der Waals surface area contributed by atoms with Gasteiger partial charge in [0.2, 0.25) is 0 Å². The standard InChI is InChI=1S/C18H6Cl6F3N/c19-11-3-1-7(14(21)16(11)23)9-5-13(18(25,26)27)28-6-10(9)8-2-4-12(20)17(24)15(8)22/h1-6H. The first-order valence-electron chi connectivity index (χ1n) is 7.37. The fourth-order valence-corrected chi connectivity index (χ4v) is 3.79. The smallest absolute Gasteiger partial charge is 0.251 e. The van der Waals surface area contributed by atoms with Crippen molar-refractivity contribution in [2.24, 2.45) is 0 Å². The van der Waals surface area contributed by atoms with Gasteiger partial charge in [-0.1, -0.05) is 81.7 Å². The Morgan fingerprint density at radius 1 is 0.607 bits per heavy atom. The van der Waals surface area contributed by atoms with Gasteiger partial charge in [-0.05, 0) is 23.8 Å². The van der Waals surface area contributed by atoms with Gasteiger partial charge in [-0.3, -0.25) is 4.98 Å². The summed E-state index contributed by atoms with van der Waals surface area (Å²) in [5, 5.41) is 0.488. The second-order valence-corrected chi connectivity index (χ2v) is 7.88. The van der Waals surface area contributed by atoms with Crippen molar-refractivity contribution in [3.63, 3.8) is 0 Å². The molecule has 0 atom stereocenters. The van der Waals surface area contributed by atoms with Gasteiger partial charge in [0.15, 0.2) is 0 Å². The summed E-state index contributed by atoms with van der Waals surface area (Å²) in [6, 6.07) is 6.75. The van der Waals surface area contributed by atoms with Gasteiger partial charge < -0.3 is 0 Å². The summed E-state index contributed by atoms with van der Waals surface area (Å²) in [5.41, 5.74) is -0.192. The van der Waals surface area contributed by atoms with Crippen LogP contribution >= 0.6 is 69.6 Å². The Morgan fingerprint density at radius 2 is 1.07 bits per heavy atom. The molecule has 10 heteroatoms. The quantitative estimate of drug-likeness (QED) is 0.316. The summed E-state index contributed by atoms with van der Waals surface area (Å²) in [4.78, 5) is 3.51. The third kappa shape index (κ3) is 4.04. The molecule has 3 aromatic rings.